The number of hydrogen-bond acceptors (Lipinski definition) is 2. The molecule has 0 fully saturated rings. The Kier molecular flexibility index (Phi) is 3.64. The zero-order valence-corrected chi connectivity index (χ0v) is 11.6. The molecule has 0 saturated carbocycles. The number of aromatic nitrogens is 2. The second-order valence-corrected chi connectivity index (χ2v) is 5.05. The number of rotatable bonds is 3. The lowest BCUT2D eigenvalue weighted by Gasteiger charge is -2.15. The topological polar surface area (TPSA) is 43.8 Å². The van der Waals surface area contributed by atoms with Gasteiger partial charge in [-0.05, 0) is 31.0 Å². The Morgan fingerprint density at radius 3 is 2.94 bits per heavy atom. The highest BCUT2D eigenvalue weighted by Crippen LogP contribution is 2.23. The van der Waals surface area contributed by atoms with Gasteiger partial charge in [0.05, 0.1) is 23.9 Å². The average molecular weight is 294 g/mol. The lowest BCUT2D eigenvalue weighted by molar-refractivity contribution is 0.659. The fourth-order valence-electron chi connectivity index (χ4n) is 1.83. The first-order valence-electron chi connectivity index (χ1n) is 5.67. The molecule has 0 radical (unpaired) electrons. The van der Waals surface area contributed by atoms with E-state index in [1.165, 1.54) is 5.56 Å². The fourth-order valence-corrected chi connectivity index (χ4v) is 2.18. The van der Waals surface area contributed by atoms with Crippen LogP contribution in [0.1, 0.15) is 30.6 Å². The Bertz CT molecular complexity index is 519. The van der Waals surface area contributed by atoms with Crippen molar-refractivity contribution in [2.75, 3.05) is 0 Å². The summed E-state index contributed by atoms with van der Waals surface area (Å²) < 4.78 is 3.12. The monoisotopic (exact) mass is 293 g/mol. The number of nitrogens with zero attached hydrogens (tertiary/aromatic N) is 2. The average Bonchev–Trinajstić information content (AvgIpc) is 2.80. The van der Waals surface area contributed by atoms with E-state index in [-0.39, 0.29) is 6.04 Å². The first-order chi connectivity index (χ1) is 8.13. The van der Waals surface area contributed by atoms with Crippen LogP contribution in [-0.4, -0.2) is 9.55 Å². The van der Waals surface area contributed by atoms with Gasteiger partial charge in [-0.1, -0.05) is 28.9 Å². The molecule has 2 rings (SSSR count). The zero-order chi connectivity index (χ0) is 12.4. The summed E-state index contributed by atoms with van der Waals surface area (Å²) in [5, 5.41) is 0. The van der Waals surface area contributed by atoms with Crippen molar-refractivity contribution in [3.8, 4) is 5.69 Å². The Morgan fingerprint density at radius 1 is 1.47 bits per heavy atom. The summed E-state index contributed by atoms with van der Waals surface area (Å²) in [7, 11) is 0. The normalized spacial score (nSPS) is 12.7. The number of hydrogen-bond donors (Lipinski definition) is 1. The molecular formula is C13H16BrN3. The van der Waals surface area contributed by atoms with Gasteiger partial charge in [0, 0.05) is 10.5 Å². The van der Waals surface area contributed by atoms with Crippen molar-refractivity contribution in [1.29, 1.82) is 0 Å². The van der Waals surface area contributed by atoms with Gasteiger partial charge in [-0.15, -0.1) is 0 Å². The number of halogens is 1. The first kappa shape index (κ1) is 12.3. The van der Waals surface area contributed by atoms with Crippen molar-refractivity contribution in [2.24, 2.45) is 5.73 Å². The molecule has 0 saturated heterocycles. The molecule has 0 bridgehead atoms. The summed E-state index contributed by atoms with van der Waals surface area (Å²) in [4.78, 5) is 4.21. The summed E-state index contributed by atoms with van der Waals surface area (Å²) >= 11 is 3.50. The van der Waals surface area contributed by atoms with Crippen molar-refractivity contribution in [3.63, 3.8) is 0 Å². The Labute approximate surface area is 110 Å². The molecule has 2 aromatic rings. The highest BCUT2D eigenvalue weighted by molar-refractivity contribution is 9.10. The van der Waals surface area contributed by atoms with E-state index in [9.17, 15) is 0 Å². The van der Waals surface area contributed by atoms with E-state index in [2.05, 4.69) is 51.5 Å². The van der Waals surface area contributed by atoms with E-state index in [4.69, 9.17) is 5.73 Å². The molecule has 1 heterocycles. The maximum absolute atomic E-state index is 6.09. The van der Waals surface area contributed by atoms with Gasteiger partial charge in [-0.2, -0.15) is 0 Å². The van der Waals surface area contributed by atoms with Crippen molar-refractivity contribution < 1.29 is 0 Å². The van der Waals surface area contributed by atoms with Gasteiger partial charge >= 0.3 is 0 Å². The highest BCUT2D eigenvalue weighted by Gasteiger charge is 2.12. The van der Waals surface area contributed by atoms with Crippen LogP contribution >= 0.6 is 15.9 Å². The molecule has 17 heavy (non-hydrogen) atoms. The molecule has 4 heteroatoms. The maximum atomic E-state index is 6.09. The van der Waals surface area contributed by atoms with E-state index in [0.717, 1.165) is 22.3 Å². The van der Waals surface area contributed by atoms with E-state index >= 15 is 0 Å². The van der Waals surface area contributed by atoms with Crippen LogP contribution in [0.15, 0.2) is 35.2 Å². The minimum absolute atomic E-state index is 0.0240. The summed E-state index contributed by atoms with van der Waals surface area (Å²) in [5.41, 5.74) is 9.47. The van der Waals surface area contributed by atoms with Crippen LogP contribution in [-0.2, 0) is 0 Å². The van der Waals surface area contributed by atoms with Crippen LogP contribution in [0.4, 0.5) is 0 Å². The summed E-state index contributed by atoms with van der Waals surface area (Å²) in [6, 6.07) is 6.23. The first-order valence-corrected chi connectivity index (χ1v) is 6.47. The lowest BCUT2D eigenvalue weighted by atomic mass is 10.1. The predicted octanol–water partition coefficient (Wildman–Crippen LogP) is 3.35. The molecule has 90 valence electrons. The third-order valence-electron chi connectivity index (χ3n) is 2.92. The molecule has 3 nitrogen and oxygen atoms in total. The third kappa shape index (κ3) is 2.42. The fraction of sp³-hybridized carbons (Fsp3) is 0.308. The quantitative estimate of drug-likeness (QED) is 0.943. The minimum atomic E-state index is 0.0240. The van der Waals surface area contributed by atoms with Gasteiger partial charge in [-0.25, -0.2) is 4.98 Å². The predicted molar refractivity (Wildman–Crippen MR) is 73.2 cm³/mol. The van der Waals surface area contributed by atoms with Crippen LogP contribution in [0.2, 0.25) is 0 Å². The van der Waals surface area contributed by atoms with Crippen LogP contribution in [0.25, 0.3) is 5.69 Å². The third-order valence-corrected chi connectivity index (χ3v) is 3.41. The lowest BCUT2D eigenvalue weighted by Crippen LogP contribution is -2.13. The summed E-state index contributed by atoms with van der Waals surface area (Å²) in [6.07, 6.45) is 4.56. The Hall–Kier alpha value is -1.13. The van der Waals surface area contributed by atoms with Gasteiger partial charge in [0.25, 0.3) is 0 Å². The molecule has 0 aliphatic rings. The molecule has 0 spiro atoms. The number of nitrogens with two attached hydrogens (primary N) is 1. The Balaban J connectivity index is 2.53. The molecule has 0 aliphatic carbocycles. The SMILES string of the molecule is CC[C@@H](N)c1cncn1-c1cc(Br)ccc1C. The molecule has 1 aromatic carbocycles. The van der Waals surface area contributed by atoms with Gasteiger partial charge in [0.2, 0.25) is 0 Å². The number of aryl methyl sites for hydroxylation is 1. The minimum Gasteiger partial charge on any atom is -0.323 e. The molecule has 1 atom stereocenters. The number of imidazole rings is 1. The number of benzene rings is 1. The van der Waals surface area contributed by atoms with Crippen molar-refractivity contribution >= 4 is 15.9 Å². The highest BCUT2D eigenvalue weighted by atomic mass is 79.9. The van der Waals surface area contributed by atoms with Gasteiger partial charge in [0.1, 0.15) is 0 Å². The summed E-state index contributed by atoms with van der Waals surface area (Å²) in [6.45, 7) is 4.17. The van der Waals surface area contributed by atoms with E-state index in [0.29, 0.717) is 0 Å². The standard InChI is InChI=1S/C13H16BrN3/c1-3-11(15)13-7-16-8-17(13)12-6-10(14)5-4-9(12)2/h4-8,11H,3,15H2,1-2H3/t11-/m1/s1. The van der Waals surface area contributed by atoms with Gasteiger partial charge in [-0.3, -0.25) is 0 Å². The molecule has 0 aliphatic heterocycles. The van der Waals surface area contributed by atoms with E-state index < -0.39 is 0 Å². The van der Waals surface area contributed by atoms with Crippen molar-refractivity contribution in [1.82, 2.24) is 9.55 Å². The molecular weight excluding hydrogens is 278 g/mol. The smallest absolute Gasteiger partial charge is 0.0994 e. The second kappa shape index (κ2) is 5.02. The van der Waals surface area contributed by atoms with Crippen LogP contribution in [0.3, 0.4) is 0 Å². The maximum Gasteiger partial charge on any atom is 0.0994 e. The molecule has 2 N–H and O–H groups in total. The second-order valence-electron chi connectivity index (χ2n) is 4.13. The van der Waals surface area contributed by atoms with E-state index in [1.807, 2.05) is 18.6 Å². The van der Waals surface area contributed by atoms with Crippen molar-refractivity contribution in [3.05, 3.63) is 46.5 Å². The molecule has 0 amide bonds. The van der Waals surface area contributed by atoms with Gasteiger partial charge in [0.15, 0.2) is 0 Å². The largest absolute Gasteiger partial charge is 0.323 e. The summed E-state index contributed by atoms with van der Waals surface area (Å²) in [5.74, 6) is 0. The Morgan fingerprint density at radius 2 is 2.24 bits per heavy atom. The molecule has 1 aromatic heterocycles. The molecule has 0 unspecified atom stereocenters. The van der Waals surface area contributed by atoms with E-state index in [1.54, 1.807) is 0 Å². The zero-order valence-electron chi connectivity index (χ0n) is 10.0. The van der Waals surface area contributed by atoms with Crippen LogP contribution < -0.4 is 5.73 Å². The van der Waals surface area contributed by atoms with Gasteiger partial charge < -0.3 is 10.3 Å². The van der Waals surface area contributed by atoms with Crippen LogP contribution in [0, 0.1) is 6.92 Å². The van der Waals surface area contributed by atoms with Crippen LogP contribution in [0.5, 0.6) is 0 Å². The van der Waals surface area contributed by atoms with Crippen molar-refractivity contribution in [2.45, 2.75) is 26.3 Å².